The van der Waals surface area contributed by atoms with Gasteiger partial charge in [-0.15, -0.1) is 0 Å². The minimum atomic E-state index is 1.12. The summed E-state index contributed by atoms with van der Waals surface area (Å²) >= 11 is 0. The molecule has 0 spiro atoms. The Morgan fingerprint density at radius 2 is 1.56 bits per heavy atom. The first-order valence-electron chi connectivity index (χ1n) is 8.90. The molecule has 3 saturated carbocycles. The topological polar surface area (TPSA) is 0 Å². The second-order valence-corrected chi connectivity index (χ2v) is 7.45. The van der Waals surface area contributed by atoms with E-state index in [2.05, 4.69) is 6.92 Å². The summed E-state index contributed by atoms with van der Waals surface area (Å²) in [5.41, 5.74) is 0. The Labute approximate surface area is 114 Å². The van der Waals surface area contributed by atoms with Crippen LogP contribution >= 0.6 is 0 Å². The van der Waals surface area contributed by atoms with Gasteiger partial charge in [0.1, 0.15) is 0 Å². The third-order valence-electron chi connectivity index (χ3n) is 6.58. The molecule has 0 aromatic carbocycles. The average molecular weight is 248 g/mol. The summed E-state index contributed by atoms with van der Waals surface area (Å²) in [4.78, 5) is 0. The highest BCUT2D eigenvalue weighted by atomic mass is 14.5. The van der Waals surface area contributed by atoms with Crippen molar-refractivity contribution in [2.45, 2.75) is 84.0 Å². The Morgan fingerprint density at radius 3 is 2.44 bits per heavy atom. The van der Waals surface area contributed by atoms with Gasteiger partial charge in [0.25, 0.3) is 0 Å². The monoisotopic (exact) mass is 248 g/mol. The molecule has 0 aromatic rings. The van der Waals surface area contributed by atoms with Crippen LogP contribution in [0.4, 0.5) is 0 Å². The average Bonchev–Trinajstić information content (AvgIpc) is 2.88. The summed E-state index contributed by atoms with van der Waals surface area (Å²) in [6.45, 7) is 2.34. The molecule has 18 heavy (non-hydrogen) atoms. The fourth-order valence-electron chi connectivity index (χ4n) is 5.78. The van der Waals surface area contributed by atoms with Crippen LogP contribution in [0.3, 0.4) is 0 Å². The summed E-state index contributed by atoms with van der Waals surface area (Å²) in [6, 6.07) is 0. The normalized spacial score (nSPS) is 43.5. The zero-order chi connectivity index (χ0) is 12.4. The Hall–Kier alpha value is 0. The van der Waals surface area contributed by atoms with E-state index >= 15 is 0 Å². The van der Waals surface area contributed by atoms with Gasteiger partial charge in [-0.1, -0.05) is 58.3 Å². The van der Waals surface area contributed by atoms with E-state index < -0.39 is 0 Å². The fraction of sp³-hybridized carbons (Fsp3) is 1.00. The number of fused-ring (bicyclic) bond motifs is 3. The fourth-order valence-corrected chi connectivity index (χ4v) is 5.78. The lowest BCUT2D eigenvalue weighted by Crippen LogP contribution is -2.38. The summed E-state index contributed by atoms with van der Waals surface area (Å²) in [7, 11) is 0. The van der Waals surface area contributed by atoms with Gasteiger partial charge in [-0.3, -0.25) is 0 Å². The van der Waals surface area contributed by atoms with Crippen LogP contribution in [0.15, 0.2) is 0 Å². The highest BCUT2D eigenvalue weighted by Crippen LogP contribution is 2.54. The Balaban J connectivity index is 1.61. The molecule has 5 unspecified atom stereocenters. The van der Waals surface area contributed by atoms with Crippen molar-refractivity contribution in [3.05, 3.63) is 0 Å². The van der Waals surface area contributed by atoms with Crippen LogP contribution in [0.25, 0.3) is 0 Å². The molecule has 0 aromatic heterocycles. The molecular formula is C18H32. The van der Waals surface area contributed by atoms with Crippen molar-refractivity contribution in [1.29, 1.82) is 0 Å². The first-order valence-corrected chi connectivity index (χ1v) is 8.90. The quantitative estimate of drug-likeness (QED) is 0.551. The van der Waals surface area contributed by atoms with Crippen molar-refractivity contribution in [2.24, 2.45) is 29.6 Å². The Morgan fingerprint density at radius 1 is 0.722 bits per heavy atom. The molecule has 0 aliphatic heterocycles. The molecule has 0 nitrogen and oxygen atoms in total. The van der Waals surface area contributed by atoms with E-state index in [1.807, 2.05) is 0 Å². The summed E-state index contributed by atoms with van der Waals surface area (Å²) in [5, 5.41) is 0. The second-order valence-electron chi connectivity index (χ2n) is 7.45. The van der Waals surface area contributed by atoms with Gasteiger partial charge in [0.15, 0.2) is 0 Å². The van der Waals surface area contributed by atoms with Gasteiger partial charge < -0.3 is 0 Å². The SMILES string of the molecule is CCCCCC1CCCC2C3CCCC3CCC12. The van der Waals surface area contributed by atoms with E-state index in [4.69, 9.17) is 0 Å². The van der Waals surface area contributed by atoms with Crippen LogP contribution in [-0.4, -0.2) is 0 Å². The molecule has 0 N–H and O–H groups in total. The molecule has 0 radical (unpaired) electrons. The van der Waals surface area contributed by atoms with Crippen LogP contribution in [-0.2, 0) is 0 Å². The number of rotatable bonds is 4. The van der Waals surface area contributed by atoms with Crippen LogP contribution in [0.1, 0.15) is 84.0 Å². The number of unbranched alkanes of at least 4 members (excludes halogenated alkanes) is 2. The van der Waals surface area contributed by atoms with E-state index in [1.165, 1.54) is 19.3 Å². The summed E-state index contributed by atoms with van der Waals surface area (Å²) in [5.74, 6) is 5.75. The minimum Gasteiger partial charge on any atom is -0.0654 e. The van der Waals surface area contributed by atoms with Gasteiger partial charge in [-0.25, -0.2) is 0 Å². The van der Waals surface area contributed by atoms with Gasteiger partial charge in [-0.2, -0.15) is 0 Å². The largest absolute Gasteiger partial charge is 0.0654 e. The van der Waals surface area contributed by atoms with Crippen LogP contribution in [0, 0.1) is 29.6 Å². The molecule has 5 atom stereocenters. The van der Waals surface area contributed by atoms with Crippen molar-refractivity contribution in [3.8, 4) is 0 Å². The second kappa shape index (κ2) is 5.97. The zero-order valence-corrected chi connectivity index (χ0v) is 12.4. The van der Waals surface area contributed by atoms with E-state index in [0.717, 1.165) is 29.6 Å². The van der Waals surface area contributed by atoms with E-state index in [0.29, 0.717) is 0 Å². The predicted molar refractivity (Wildman–Crippen MR) is 78.5 cm³/mol. The number of hydrogen-bond donors (Lipinski definition) is 0. The summed E-state index contributed by atoms with van der Waals surface area (Å²) in [6.07, 6.45) is 18.6. The molecule has 104 valence electrons. The Bertz CT molecular complexity index is 257. The molecule has 3 rings (SSSR count). The van der Waals surface area contributed by atoms with Crippen LogP contribution in [0.2, 0.25) is 0 Å². The van der Waals surface area contributed by atoms with Crippen molar-refractivity contribution in [1.82, 2.24) is 0 Å². The third kappa shape index (κ3) is 2.49. The lowest BCUT2D eigenvalue weighted by Gasteiger charge is -2.47. The highest BCUT2D eigenvalue weighted by Gasteiger charge is 2.45. The smallest absolute Gasteiger partial charge is 0.0352 e. The molecule has 3 aliphatic rings. The van der Waals surface area contributed by atoms with Gasteiger partial charge in [0, 0.05) is 0 Å². The van der Waals surface area contributed by atoms with Gasteiger partial charge in [0.05, 0.1) is 0 Å². The molecule has 0 amide bonds. The predicted octanol–water partition coefficient (Wildman–Crippen LogP) is 5.81. The lowest BCUT2D eigenvalue weighted by atomic mass is 9.58. The lowest BCUT2D eigenvalue weighted by molar-refractivity contribution is 0.0266. The Kier molecular flexibility index (Phi) is 4.31. The molecule has 0 bridgehead atoms. The zero-order valence-electron chi connectivity index (χ0n) is 12.4. The van der Waals surface area contributed by atoms with Gasteiger partial charge >= 0.3 is 0 Å². The molecule has 0 heterocycles. The molecule has 3 fully saturated rings. The number of hydrogen-bond acceptors (Lipinski definition) is 0. The summed E-state index contributed by atoms with van der Waals surface area (Å²) < 4.78 is 0. The maximum Gasteiger partial charge on any atom is -0.0352 e. The third-order valence-corrected chi connectivity index (χ3v) is 6.58. The molecule has 0 saturated heterocycles. The van der Waals surface area contributed by atoms with Crippen molar-refractivity contribution in [3.63, 3.8) is 0 Å². The van der Waals surface area contributed by atoms with Gasteiger partial charge in [-0.05, 0) is 55.3 Å². The standard InChI is InChI=1S/C18H32/c1-2-3-4-7-14-8-6-11-18-16-10-5-9-15(16)12-13-17(14)18/h14-18H,2-13H2,1H3. The first kappa shape index (κ1) is 13.0. The van der Waals surface area contributed by atoms with Gasteiger partial charge in [0.2, 0.25) is 0 Å². The van der Waals surface area contributed by atoms with Crippen molar-refractivity contribution in [2.75, 3.05) is 0 Å². The van der Waals surface area contributed by atoms with E-state index in [-0.39, 0.29) is 0 Å². The maximum absolute atomic E-state index is 2.34. The van der Waals surface area contributed by atoms with Crippen LogP contribution < -0.4 is 0 Å². The first-order chi connectivity index (χ1) is 8.90. The van der Waals surface area contributed by atoms with Crippen LogP contribution in [0.5, 0.6) is 0 Å². The molecule has 3 aliphatic carbocycles. The highest BCUT2D eigenvalue weighted by molar-refractivity contribution is 4.95. The minimum absolute atomic E-state index is 1.12. The van der Waals surface area contributed by atoms with Crippen molar-refractivity contribution >= 4 is 0 Å². The van der Waals surface area contributed by atoms with E-state index in [9.17, 15) is 0 Å². The molecule has 0 heteroatoms. The van der Waals surface area contributed by atoms with Crippen molar-refractivity contribution < 1.29 is 0 Å². The maximum atomic E-state index is 2.34. The molecular weight excluding hydrogens is 216 g/mol. The van der Waals surface area contributed by atoms with E-state index in [1.54, 1.807) is 57.8 Å².